The minimum absolute atomic E-state index is 0.0930. The van der Waals surface area contributed by atoms with Gasteiger partial charge in [-0.1, -0.05) is 82.3 Å². The van der Waals surface area contributed by atoms with Crippen LogP contribution in [0.4, 0.5) is 33.4 Å². The summed E-state index contributed by atoms with van der Waals surface area (Å²) in [7, 11) is 0. The van der Waals surface area contributed by atoms with Gasteiger partial charge in [-0.25, -0.2) is 0 Å². The molecule has 10 rings (SSSR count). The third-order valence-corrected chi connectivity index (χ3v) is 12.8. The first-order valence-corrected chi connectivity index (χ1v) is 18.3. The highest BCUT2D eigenvalue weighted by molar-refractivity contribution is 7.26. The molecule has 0 bridgehead atoms. The number of anilines is 6. The van der Waals surface area contributed by atoms with Crippen molar-refractivity contribution < 1.29 is 4.74 Å². The lowest BCUT2D eigenvalue weighted by Gasteiger charge is -2.45. The molecule has 1 aliphatic carbocycles. The van der Waals surface area contributed by atoms with E-state index in [4.69, 9.17) is 4.74 Å². The number of hydrogen-bond acceptors (Lipinski definition) is 4. The molecule has 0 radical (unpaired) electrons. The van der Waals surface area contributed by atoms with E-state index < -0.39 is 0 Å². The monoisotopic (exact) mass is 642 g/mol. The second-order valence-corrected chi connectivity index (χ2v) is 16.6. The maximum Gasteiger partial charge on any atom is 0.254 e. The van der Waals surface area contributed by atoms with Crippen LogP contribution in [0.1, 0.15) is 62.8 Å². The minimum atomic E-state index is 0.0930. The molecular weight excluding hydrogens is 603 g/mol. The van der Waals surface area contributed by atoms with Crippen molar-refractivity contribution >= 4 is 78.0 Å². The van der Waals surface area contributed by atoms with Gasteiger partial charge in [0, 0.05) is 33.9 Å². The predicted molar refractivity (Wildman–Crippen MR) is 205 cm³/mol. The molecule has 0 amide bonds. The molecule has 0 saturated carbocycles. The van der Waals surface area contributed by atoms with Gasteiger partial charge in [-0.2, -0.15) is 0 Å². The van der Waals surface area contributed by atoms with Gasteiger partial charge in [0.2, 0.25) is 0 Å². The highest BCUT2D eigenvalue weighted by Gasteiger charge is 2.47. The van der Waals surface area contributed by atoms with E-state index in [-0.39, 0.29) is 17.5 Å². The number of nitrogens with zero attached hydrogens (tertiary/aromatic N) is 2. The summed E-state index contributed by atoms with van der Waals surface area (Å²) in [6, 6.07) is 36.9. The van der Waals surface area contributed by atoms with Crippen molar-refractivity contribution in [3.8, 4) is 5.75 Å². The van der Waals surface area contributed by atoms with Crippen LogP contribution in [-0.4, -0.2) is 13.3 Å². The Morgan fingerprint density at radius 2 is 1.44 bits per heavy atom. The highest BCUT2D eigenvalue weighted by atomic mass is 32.1. The number of thiophene rings is 1. The van der Waals surface area contributed by atoms with Crippen molar-refractivity contribution in [3.05, 3.63) is 119 Å². The van der Waals surface area contributed by atoms with Gasteiger partial charge < -0.3 is 14.5 Å². The van der Waals surface area contributed by atoms with Crippen LogP contribution in [0.2, 0.25) is 0 Å². The van der Waals surface area contributed by atoms with Crippen LogP contribution in [0, 0.1) is 6.92 Å². The van der Waals surface area contributed by atoms with Crippen LogP contribution in [0.5, 0.6) is 5.75 Å². The molecule has 6 aromatic rings. The summed E-state index contributed by atoms with van der Waals surface area (Å²) in [6.07, 6.45) is 3.35. The number of hydrogen-bond donors (Lipinski definition) is 0. The van der Waals surface area contributed by atoms with Crippen LogP contribution in [-0.2, 0) is 17.3 Å². The van der Waals surface area contributed by atoms with E-state index in [1.54, 1.807) is 0 Å². The normalized spacial score (nSPS) is 17.7. The molecule has 0 atom stereocenters. The van der Waals surface area contributed by atoms with Crippen molar-refractivity contribution in [3.63, 3.8) is 0 Å². The van der Waals surface area contributed by atoms with Gasteiger partial charge in [-0.3, -0.25) is 0 Å². The van der Waals surface area contributed by atoms with Crippen LogP contribution in [0.3, 0.4) is 0 Å². The van der Waals surface area contributed by atoms with Gasteiger partial charge in [0.15, 0.2) is 0 Å². The van der Waals surface area contributed by atoms with Gasteiger partial charge >= 0.3 is 0 Å². The molecular formula is C43H39BN2OS. The van der Waals surface area contributed by atoms with Gasteiger partial charge in [-0.05, 0) is 117 Å². The number of para-hydroxylation sites is 1. The SMILES string of the molecule is Cc1cc2c3c(c1)N(c1ccc4c(c1)C(C)(C)CCC4(C)C)c1c(ccc4c1OCC4)B3c1c(sc3ccccc13)N2c1ccccc1. The van der Waals surface area contributed by atoms with Gasteiger partial charge in [0.1, 0.15) is 5.75 Å². The second kappa shape index (κ2) is 9.79. The number of ether oxygens (including phenoxy) is 1. The predicted octanol–water partition coefficient (Wildman–Crippen LogP) is 9.58. The Morgan fingerprint density at radius 1 is 0.708 bits per heavy atom. The molecule has 1 aromatic heterocycles. The van der Waals surface area contributed by atoms with Crippen LogP contribution in [0.25, 0.3) is 10.1 Å². The average Bonchev–Trinajstić information content (AvgIpc) is 3.72. The van der Waals surface area contributed by atoms with Crippen molar-refractivity contribution in [2.75, 3.05) is 16.4 Å². The Bertz CT molecular complexity index is 2320. The van der Waals surface area contributed by atoms with E-state index >= 15 is 0 Å². The van der Waals surface area contributed by atoms with Crippen LogP contribution in [0.15, 0.2) is 97.1 Å². The first kappa shape index (κ1) is 28.5. The number of rotatable bonds is 2. The molecule has 0 N–H and O–H groups in total. The molecule has 48 heavy (non-hydrogen) atoms. The molecule has 5 aromatic carbocycles. The van der Waals surface area contributed by atoms with Crippen LogP contribution >= 0.6 is 11.3 Å². The molecule has 3 aliphatic heterocycles. The third kappa shape index (κ3) is 3.82. The first-order chi connectivity index (χ1) is 23.2. The van der Waals surface area contributed by atoms with E-state index in [1.807, 2.05) is 11.3 Å². The molecule has 0 saturated heterocycles. The Labute approximate surface area is 287 Å². The summed E-state index contributed by atoms with van der Waals surface area (Å²) in [5.74, 6) is 1.06. The Morgan fingerprint density at radius 3 is 2.25 bits per heavy atom. The fourth-order valence-electron chi connectivity index (χ4n) is 9.14. The van der Waals surface area contributed by atoms with Gasteiger partial charge in [-0.15, -0.1) is 11.3 Å². The van der Waals surface area contributed by atoms with Crippen molar-refractivity contribution in [2.24, 2.45) is 0 Å². The van der Waals surface area contributed by atoms with Gasteiger partial charge in [0.05, 0.1) is 17.3 Å². The molecule has 4 heterocycles. The van der Waals surface area contributed by atoms with E-state index in [9.17, 15) is 0 Å². The number of fused-ring (bicyclic) bond motifs is 9. The lowest BCUT2D eigenvalue weighted by Crippen LogP contribution is -2.61. The molecule has 0 spiro atoms. The summed E-state index contributed by atoms with van der Waals surface area (Å²) in [5, 5.41) is 2.66. The molecule has 5 heteroatoms. The molecule has 236 valence electrons. The Balaban J connectivity index is 1.32. The summed E-state index contributed by atoms with van der Waals surface area (Å²) in [4.78, 5) is 5.11. The van der Waals surface area contributed by atoms with Gasteiger partial charge in [0.25, 0.3) is 6.71 Å². The van der Waals surface area contributed by atoms with Crippen molar-refractivity contribution in [1.29, 1.82) is 0 Å². The molecule has 4 aliphatic rings. The summed E-state index contributed by atoms with van der Waals surface area (Å²) >= 11 is 1.91. The second-order valence-electron chi connectivity index (χ2n) is 15.6. The number of benzene rings is 5. The lowest BCUT2D eigenvalue weighted by atomic mass is 9.33. The lowest BCUT2D eigenvalue weighted by molar-refractivity contribution is 0.332. The zero-order valence-electron chi connectivity index (χ0n) is 28.4. The first-order valence-electron chi connectivity index (χ1n) is 17.5. The summed E-state index contributed by atoms with van der Waals surface area (Å²) in [6.45, 7) is 12.8. The smallest absolute Gasteiger partial charge is 0.254 e. The quantitative estimate of drug-likeness (QED) is 0.175. The van der Waals surface area contributed by atoms with E-state index in [0.29, 0.717) is 0 Å². The van der Waals surface area contributed by atoms with Crippen molar-refractivity contribution in [1.82, 2.24) is 0 Å². The standard InChI is InChI=1S/C43H39BN2OS/c1-26-23-34-38-35(24-26)46(28-11-7-6-8-12-28)41-37(30-13-9-10-14-36(30)48-41)44(38)33-18-15-27-19-22-47-40(27)39(33)45(34)29-16-17-31-32(25-29)43(4,5)21-20-42(31,2)3/h6-18,23-25H,19-22H2,1-5H3. The zero-order chi connectivity index (χ0) is 32.5. The zero-order valence-corrected chi connectivity index (χ0v) is 29.2. The fraction of sp³-hybridized carbons (Fsp3) is 0.256. The maximum atomic E-state index is 6.62. The summed E-state index contributed by atoms with van der Waals surface area (Å²) in [5.41, 5.74) is 16.1. The minimum Gasteiger partial charge on any atom is -0.491 e. The average molecular weight is 643 g/mol. The maximum absolute atomic E-state index is 6.62. The Hall–Kier alpha value is -4.48. The van der Waals surface area contributed by atoms with Crippen LogP contribution < -0.4 is 30.9 Å². The Kier molecular flexibility index (Phi) is 5.82. The fourth-order valence-corrected chi connectivity index (χ4v) is 10.4. The van der Waals surface area contributed by atoms with E-state index in [1.165, 1.54) is 95.0 Å². The number of aryl methyl sites for hydroxylation is 1. The molecule has 3 nitrogen and oxygen atoms in total. The third-order valence-electron chi connectivity index (χ3n) is 11.7. The van der Waals surface area contributed by atoms with E-state index in [2.05, 4.69) is 141 Å². The summed E-state index contributed by atoms with van der Waals surface area (Å²) < 4.78 is 7.95. The largest absolute Gasteiger partial charge is 0.491 e. The van der Waals surface area contributed by atoms with Crippen molar-refractivity contribution in [2.45, 2.75) is 64.7 Å². The van der Waals surface area contributed by atoms with E-state index in [0.717, 1.165) is 18.8 Å². The molecule has 0 fully saturated rings. The molecule has 0 unspecified atom stereocenters. The highest BCUT2D eigenvalue weighted by Crippen LogP contribution is 2.53. The topological polar surface area (TPSA) is 15.7 Å².